The van der Waals surface area contributed by atoms with Gasteiger partial charge in [0.2, 0.25) is 11.9 Å². The van der Waals surface area contributed by atoms with Gasteiger partial charge in [-0.3, -0.25) is 4.79 Å². The van der Waals surface area contributed by atoms with Crippen LogP contribution >= 0.6 is 0 Å². The molecule has 0 radical (unpaired) electrons. The fourth-order valence-electron chi connectivity index (χ4n) is 2.95. The Morgan fingerprint density at radius 3 is 2.71 bits per heavy atom. The van der Waals surface area contributed by atoms with Crippen molar-refractivity contribution in [3.05, 3.63) is 35.7 Å². The number of benzene rings is 1. The molecule has 1 aliphatic rings. The van der Waals surface area contributed by atoms with Gasteiger partial charge in [0, 0.05) is 24.3 Å². The average molecular weight is 325 g/mol. The maximum atomic E-state index is 12.1. The third kappa shape index (κ3) is 3.53. The van der Waals surface area contributed by atoms with E-state index in [4.69, 9.17) is 0 Å². The summed E-state index contributed by atoms with van der Waals surface area (Å²) in [4.78, 5) is 18.5. The monoisotopic (exact) mass is 325 g/mol. The van der Waals surface area contributed by atoms with Gasteiger partial charge in [0.15, 0.2) is 0 Å². The van der Waals surface area contributed by atoms with Crippen molar-refractivity contribution < 1.29 is 4.79 Å². The number of aryl methyl sites for hydroxylation is 2. The molecule has 0 aliphatic carbocycles. The van der Waals surface area contributed by atoms with E-state index in [1.165, 1.54) is 0 Å². The molecule has 1 aromatic carbocycles. The first-order chi connectivity index (χ1) is 11.7. The molecule has 1 aromatic heterocycles. The minimum atomic E-state index is 0.192. The van der Waals surface area contributed by atoms with E-state index in [2.05, 4.69) is 34.3 Å². The molecule has 0 atom stereocenters. The molecule has 6 heteroatoms. The summed E-state index contributed by atoms with van der Waals surface area (Å²) in [5.74, 6) is 0.683. The lowest BCUT2D eigenvalue weighted by Gasteiger charge is -2.27. The fraction of sp³-hybridized carbons (Fsp3) is 0.444. The zero-order chi connectivity index (χ0) is 16.9. The zero-order valence-electron chi connectivity index (χ0n) is 14.2. The molecule has 3 rings (SSSR count). The van der Waals surface area contributed by atoms with Crippen LogP contribution < -0.4 is 10.2 Å². The van der Waals surface area contributed by atoms with Crippen LogP contribution in [0.4, 0.5) is 17.3 Å². The number of rotatable bonds is 5. The summed E-state index contributed by atoms with van der Waals surface area (Å²) in [6, 6.07) is 7.81. The first-order valence-electron chi connectivity index (χ1n) is 8.61. The van der Waals surface area contributed by atoms with E-state index in [1.54, 1.807) is 0 Å². The molecule has 0 bridgehead atoms. The second-order valence-electron chi connectivity index (χ2n) is 5.91. The molecule has 1 fully saturated rings. The molecule has 2 heterocycles. The number of nitrogens with one attached hydrogen (secondary N) is 1. The van der Waals surface area contributed by atoms with Gasteiger partial charge < -0.3 is 10.2 Å². The highest BCUT2D eigenvalue weighted by atomic mass is 16.2. The molecule has 1 amide bonds. The van der Waals surface area contributed by atoms with Crippen LogP contribution in [0.3, 0.4) is 0 Å². The number of anilines is 3. The van der Waals surface area contributed by atoms with E-state index >= 15 is 0 Å². The molecule has 6 nitrogen and oxygen atoms in total. The molecular formula is C18H23N5O. The van der Waals surface area contributed by atoms with E-state index in [-0.39, 0.29) is 5.91 Å². The van der Waals surface area contributed by atoms with E-state index < -0.39 is 0 Å². The number of hydrogen-bond acceptors (Lipinski definition) is 5. The van der Waals surface area contributed by atoms with E-state index in [1.807, 2.05) is 29.2 Å². The quantitative estimate of drug-likeness (QED) is 0.913. The Kier molecular flexibility index (Phi) is 5.03. The van der Waals surface area contributed by atoms with Crippen molar-refractivity contribution >= 4 is 23.2 Å². The van der Waals surface area contributed by atoms with Gasteiger partial charge in [0.1, 0.15) is 0 Å². The van der Waals surface area contributed by atoms with Crippen LogP contribution in [0.25, 0.3) is 0 Å². The minimum Gasteiger partial charge on any atom is -0.323 e. The SMILES string of the molecule is CCc1nnc(Nc2cccc(N3CCCCC3=O)c2)nc1CC. The van der Waals surface area contributed by atoms with Crippen LogP contribution in [0.2, 0.25) is 0 Å². The lowest BCUT2D eigenvalue weighted by Crippen LogP contribution is -2.35. The van der Waals surface area contributed by atoms with Gasteiger partial charge >= 0.3 is 0 Å². The second-order valence-corrected chi connectivity index (χ2v) is 5.91. The Bertz CT molecular complexity index is 731. The number of carbonyl (C=O) groups excluding carboxylic acids is 1. The first kappa shape index (κ1) is 16.4. The molecule has 0 spiro atoms. The molecule has 1 saturated heterocycles. The Hall–Kier alpha value is -2.50. The summed E-state index contributed by atoms with van der Waals surface area (Å²) in [5.41, 5.74) is 3.69. The Labute approximate surface area is 142 Å². The van der Waals surface area contributed by atoms with E-state index in [0.29, 0.717) is 12.4 Å². The Balaban J connectivity index is 1.81. The van der Waals surface area contributed by atoms with Crippen LogP contribution in [0.1, 0.15) is 44.5 Å². The maximum absolute atomic E-state index is 12.1. The topological polar surface area (TPSA) is 71.0 Å². The average Bonchev–Trinajstić information content (AvgIpc) is 2.62. The smallest absolute Gasteiger partial charge is 0.247 e. The maximum Gasteiger partial charge on any atom is 0.247 e. The summed E-state index contributed by atoms with van der Waals surface area (Å²) in [6.07, 6.45) is 4.32. The zero-order valence-corrected chi connectivity index (χ0v) is 14.2. The number of nitrogens with zero attached hydrogens (tertiary/aromatic N) is 4. The Morgan fingerprint density at radius 1 is 1.12 bits per heavy atom. The van der Waals surface area contributed by atoms with Gasteiger partial charge in [-0.1, -0.05) is 19.9 Å². The van der Waals surface area contributed by atoms with E-state index in [0.717, 1.165) is 55.0 Å². The molecule has 0 saturated carbocycles. The largest absolute Gasteiger partial charge is 0.323 e. The standard InChI is InChI=1S/C18H23N5O/c1-3-15-16(4-2)21-22-18(20-15)19-13-8-7-9-14(12-13)23-11-6-5-10-17(23)24/h7-9,12H,3-6,10-11H2,1-2H3,(H,19,20,22). The van der Waals surface area contributed by atoms with Crippen molar-refractivity contribution in [1.82, 2.24) is 15.2 Å². The number of carbonyl (C=O) groups is 1. The lowest BCUT2D eigenvalue weighted by atomic mass is 10.1. The minimum absolute atomic E-state index is 0.192. The highest BCUT2D eigenvalue weighted by Gasteiger charge is 2.19. The first-order valence-corrected chi connectivity index (χ1v) is 8.61. The molecule has 2 aromatic rings. The van der Waals surface area contributed by atoms with E-state index in [9.17, 15) is 4.79 Å². The van der Waals surface area contributed by atoms with Crippen LogP contribution in [0.5, 0.6) is 0 Å². The van der Waals surface area contributed by atoms with Crippen LogP contribution in [-0.2, 0) is 17.6 Å². The van der Waals surface area contributed by atoms with Crippen LogP contribution in [0.15, 0.2) is 24.3 Å². The van der Waals surface area contributed by atoms with Gasteiger partial charge in [0.25, 0.3) is 0 Å². The number of amides is 1. The van der Waals surface area contributed by atoms with Crippen molar-refractivity contribution in [1.29, 1.82) is 0 Å². The van der Waals surface area contributed by atoms with Gasteiger partial charge in [-0.25, -0.2) is 4.98 Å². The van der Waals surface area contributed by atoms with Crippen LogP contribution in [-0.4, -0.2) is 27.6 Å². The van der Waals surface area contributed by atoms with Gasteiger partial charge in [0.05, 0.1) is 11.4 Å². The molecule has 126 valence electrons. The van der Waals surface area contributed by atoms with Crippen molar-refractivity contribution in [3.8, 4) is 0 Å². The highest BCUT2D eigenvalue weighted by Crippen LogP contribution is 2.25. The normalized spacial score (nSPS) is 14.8. The lowest BCUT2D eigenvalue weighted by molar-refractivity contribution is -0.119. The summed E-state index contributed by atoms with van der Waals surface area (Å²) in [6.45, 7) is 4.90. The summed E-state index contributed by atoms with van der Waals surface area (Å²) in [5, 5.41) is 11.6. The van der Waals surface area contributed by atoms with Gasteiger partial charge in [-0.2, -0.15) is 0 Å². The summed E-state index contributed by atoms with van der Waals surface area (Å²) in [7, 11) is 0. The molecule has 0 unspecified atom stereocenters. The predicted octanol–water partition coefficient (Wildman–Crippen LogP) is 3.26. The third-order valence-electron chi connectivity index (χ3n) is 4.25. The third-order valence-corrected chi connectivity index (χ3v) is 4.25. The van der Waals surface area contributed by atoms with Crippen molar-refractivity contribution in [2.45, 2.75) is 46.0 Å². The highest BCUT2D eigenvalue weighted by molar-refractivity contribution is 5.94. The number of hydrogen-bond donors (Lipinski definition) is 1. The number of aromatic nitrogens is 3. The summed E-state index contributed by atoms with van der Waals surface area (Å²) < 4.78 is 0. The summed E-state index contributed by atoms with van der Waals surface area (Å²) >= 11 is 0. The molecular weight excluding hydrogens is 302 g/mol. The van der Waals surface area contributed by atoms with Crippen LogP contribution in [0, 0.1) is 0 Å². The Morgan fingerprint density at radius 2 is 1.96 bits per heavy atom. The molecule has 1 N–H and O–H groups in total. The fourth-order valence-corrected chi connectivity index (χ4v) is 2.95. The predicted molar refractivity (Wildman–Crippen MR) is 94.5 cm³/mol. The van der Waals surface area contributed by atoms with Gasteiger partial charge in [-0.05, 0) is 43.9 Å². The van der Waals surface area contributed by atoms with Crippen molar-refractivity contribution in [2.24, 2.45) is 0 Å². The van der Waals surface area contributed by atoms with Crippen molar-refractivity contribution in [3.63, 3.8) is 0 Å². The van der Waals surface area contributed by atoms with Crippen molar-refractivity contribution in [2.75, 3.05) is 16.8 Å². The molecule has 24 heavy (non-hydrogen) atoms. The number of piperidine rings is 1. The van der Waals surface area contributed by atoms with Gasteiger partial charge in [-0.15, -0.1) is 10.2 Å². The second kappa shape index (κ2) is 7.38. The molecule has 1 aliphatic heterocycles.